The van der Waals surface area contributed by atoms with Crippen LogP contribution in [-0.2, 0) is 14.8 Å². The Balaban J connectivity index is 1.57. The zero-order valence-corrected chi connectivity index (χ0v) is 16.3. The molecule has 1 fully saturated rings. The quantitative estimate of drug-likeness (QED) is 0.793. The highest BCUT2D eigenvalue weighted by atomic mass is 35.5. The van der Waals surface area contributed by atoms with E-state index in [-0.39, 0.29) is 49.2 Å². The second-order valence-corrected chi connectivity index (χ2v) is 8.56. The number of nitrogens with one attached hydrogen (secondary N) is 1. The van der Waals surface area contributed by atoms with Gasteiger partial charge in [-0.1, -0.05) is 17.7 Å². The first-order valence-electron chi connectivity index (χ1n) is 8.50. The average Bonchev–Trinajstić information content (AvgIpc) is 2.68. The molecule has 0 saturated carbocycles. The van der Waals surface area contributed by atoms with Gasteiger partial charge in [0.25, 0.3) is 0 Å². The molecule has 0 unspecified atom stereocenters. The van der Waals surface area contributed by atoms with Gasteiger partial charge in [0.05, 0.1) is 11.4 Å². The first kappa shape index (κ1) is 20.5. The summed E-state index contributed by atoms with van der Waals surface area (Å²) in [7, 11) is -3.67. The standard InChI is InChI=1S/C18H18ClF2N3O3S/c19-13-4-6-14(7-5-13)28(26,27)24-10-8-23(9-11-24)17(25)12-22-18-15(20)2-1-3-16(18)21/h1-7,22H,8-12H2. The molecule has 10 heteroatoms. The maximum absolute atomic E-state index is 13.6. The predicted octanol–water partition coefficient (Wildman–Crippen LogP) is 2.56. The molecule has 0 bridgehead atoms. The average molecular weight is 430 g/mol. The van der Waals surface area contributed by atoms with Gasteiger partial charge in [0.15, 0.2) is 0 Å². The van der Waals surface area contributed by atoms with Gasteiger partial charge < -0.3 is 10.2 Å². The van der Waals surface area contributed by atoms with E-state index in [1.807, 2.05) is 0 Å². The van der Waals surface area contributed by atoms with E-state index in [1.165, 1.54) is 39.5 Å². The minimum Gasteiger partial charge on any atom is -0.371 e. The Morgan fingerprint density at radius 1 is 1.00 bits per heavy atom. The molecule has 0 spiro atoms. The Bertz CT molecular complexity index is 942. The Labute approximate surface area is 166 Å². The largest absolute Gasteiger partial charge is 0.371 e. The predicted molar refractivity (Wildman–Crippen MR) is 102 cm³/mol. The fraction of sp³-hybridized carbons (Fsp3) is 0.278. The van der Waals surface area contributed by atoms with Crippen LogP contribution >= 0.6 is 11.6 Å². The lowest BCUT2D eigenvalue weighted by Crippen LogP contribution is -2.51. The van der Waals surface area contributed by atoms with Crippen LogP contribution in [0.3, 0.4) is 0 Å². The first-order valence-corrected chi connectivity index (χ1v) is 10.3. The molecule has 0 radical (unpaired) electrons. The fourth-order valence-corrected chi connectivity index (χ4v) is 4.42. The maximum Gasteiger partial charge on any atom is 0.243 e. The number of benzene rings is 2. The molecule has 1 aliphatic heterocycles. The minimum absolute atomic E-state index is 0.130. The van der Waals surface area contributed by atoms with Gasteiger partial charge in [0.2, 0.25) is 15.9 Å². The smallest absolute Gasteiger partial charge is 0.243 e. The Morgan fingerprint density at radius 3 is 2.14 bits per heavy atom. The Hall–Kier alpha value is -2.23. The van der Waals surface area contributed by atoms with Gasteiger partial charge in [0.1, 0.15) is 17.3 Å². The summed E-state index contributed by atoms with van der Waals surface area (Å²) in [5.41, 5.74) is -0.361. The van der Waals surface area contributed by atoms with E-state index in [0.717, 1.165) is 12.1 Å². The van der Waals surface area contributed by atoms with Crippen LogP contribution in [0, 0.1) is 11.6 Å². The van der Waals surface area contributed by atoms with E-state index in [9.17, 15) is 22.0 Å². The SMILES string of the molecule is O=C(CNc1c(F)cccc1F)N1CCN(S(=O)(=O)c2ccc(Cl)cc2)CC1. The van der Waals surface area contributed by atoms with Crippen molar-refractivity contribution in [1.29, 1.82) is 0 Å². The highest BCUT2D eigenvalue weighted by Crippen LogP contribution is 2.20. The molecular formula is C18H18ClF2N3O3S. The van der Waals surface area contributed by atoms with Crippen molar-refractivity contribution < 1.29 is 22.0 Å². The normalized spacial score (nSPS) is 15.5. The van der Waals surface area contributed by atoms with Crippen molar-refractivity contribution in [3.8, 4) is 0 Å². The third kappa shape index (κ3) is 4.43. The van der Waals surface area contributed by atoms with Crippen molar-refractivity contribution in [3.05, 3.63) is 59.1 Å². The Morgan fingerprint density at radius 2 is 1.57 bits per heavy atom. The number of nitrogens with zero attached hydrogens (tertiary/aromatic N) is 2. The van der Waals surface area contributed by atoms with Gasteiger partial charge >= 0.3 is 0 Å². The van der Waals surface area contributed by atoms with E-state index in [2.05, 4.69) is 5.32 Å². The molecule has 3 rings (SSSR count). The van der Waals surface area contributed by atoms with Crippen molar-refractivity contribution in [1.82, 2.24) is 9.21 Å². The summed E-state index contributed by atoms with van der Waals surface area (Å²) >= 11 is 5.79. The third-order valence-corrected chi connectivity index (χ3v) is 6.59. The van der Waals surface area contributed by atoms with Crippen LogP contribution in [0.25, 0.3) is 0 Å². The van der Waals surface area contributed by atoms with Crippen LogP contribution in [0.2, 0.25) is 5.02 Å². The summed E-state index contributed by atoms with van der Waals surface area (Å²) in [4.78, 5) is 13.9. The monoisotopic (exact) mass is 429 g/mol. The molecule has 1 heterocycles. The van der Waals surface area contributed by atoms with E-state index >= 15 is 0 Å². The molecule has 0 aromatic heterocycles. The fourth-order valence-electron chi connectivity index (χ4n) is 2.88. The van der Waals surface area contributed by atoms with Gasteiger partial charge in [-0.15, -0.1) is 0 Å². The Kier molecular flexibility index (Phi) is 6.17. The molecule has 1 amide bonds. The van der Waals surface area contributed by atoms with E-state index in [1.54, 1.807) is 0 Å². The third-order valence-electron chi connectivity index (χ3n) is 4.42. The molecule has 1 N–H and O–H groups in total. The number of anilines is 1. The molecule has 0 atom stereocenters. The summed E-state index contributed by atoms with van der Waals surface area (Å²) in [6.45, 7) is 0.345. The summed E-state index contributed by atoms with van der Waals surface area (Å²) < 4.78 is 53.8. The van der Waals surface area contributed by atoms with Gasteiger partial charge in [-0.25, -0.2) is 17.2 Å². The van der Waals surface area contributed by atoms with Gasteiger partial charge in [0, 0.05) is 31.2 Å². The number of piperazine rings is 1. The molecule has 2 aromatic carbocycles. The van der Waals surface area contributed by atoms with Crippen LogP contribution in [-0.4, -0.2) is 56.3 Å². The highest BCUT2D eigenvalue weighted by molar-refractivity contribution is 7.89. The van der Waals surface area contributed by atoms with Crippen molar-refractivity contribution in [2.24, 2.45) is 0 Å². The van der Waals surface area contributed by atoms with Crippen LogP contribution in [0.15, 0.2) is 47.4 Å². The number of hydrogen-bond donors (Lipinski definition) is 1. The topological polar surface area (TPSA) is 69.7 Å². The number of halogens is 3. The zero-order chi connectivity index (χ0) is 20.3. The van der Waals surface area contributed by atoms with E-state index < -0.39 is 21.7 Å². The summed E-state index contributed by atoms with van der Waals surface area (Å²) in [6.07, 6.45) is 0. The van der Waals surface area contributed by atoms with E-state index in [4.69, 9.17) is 11.6 Å². The number of para-hydroxylation sites is 1. The van der Waals surface area contributed by atoms with Crippen molar-refractivity contribution in [2.45, 2.75) is 4.90 Å². The van der Waals surface area contributed by atoms with Crippen LogP contribution in [0.4, 0.5) is 14.5 Å². The van der Waals surface area contributed by atoms with Gasteiger partial charge in [-0.05, 0) is 36.4 Å². The maximum atomic E-state index is 13.6. The number of sulfonamides is 1. The van der Waals surface area contributed by atoms with E-state index in [0.29, 0.717) is 5.02 Å². The lowest BCUT2D eigenvalue weighted by molar-refractivity contribution is -0.130. The molecule has 2 aromatic rings. The number of carbonyl (C=O) groups is 1. The molecule has 6 nitrogen and oxygen atoms in total. The zero-order valence-electron chi connectivity index (χ0n) is 14.7. The highest BCUT2D eigenvalue weighted by Gasteiger charge is 2.30. The van der Waals surface area contributed by atoms with Crippen molar-refractivity contribution >= 4 is 33.2 Å². The molecule has 0 aliphatic carbocycles. The number of amides is 1. The molecule has 28 heavy (non-hydrogen) atoms. The number of rotatable bonds is 5. The second kappa shape index (κ2) is 8.42. The lowest BCUT2D eigenvalue weighted by atomic mass is 10.3. The van der Waals surface area contributed by atoms with Crippen molar-refractivity contribution in [2.75, 3.05) is 38.0 Å². The van der Waals surface area contributed by atoms with Crippen LogP contribution in [0.5, 0.6) is 0 Å². The van der Waals surface area contributed by atoms with Gasteiger partial charge in [-0.2, -0.15) is 4.31 Å². The van der Waals surface area contributed by atoms with Gasteiger partial charge in [-0.3, -0.25) is 4.79 Å². The summed E-state index contributed by atoms with van der Waals surface area (Å²) in [6, 6.07) is 9.29. The molecule has 1 aliphatic rings. The van der Waals surface area contributed by atoms with Crippen LogP contribution < -0.4 is 5.32 Å². The lowest BCUT2D eigenvalue weighted by Gasteiger charge is -2.34. The number of carbonyl (C=O) groups excluding carboxylic acids is 1. The van der Waals surface area contributed by atoms with Crippen LogP contribution in [0.1, 0.15) is 0 Å². The van der Waals surface area contributed by atoms with Crippen molar-refractivity contribution in [3.63, 3.8) is 0 Å². The second-order valence-electron chi connectivity index (χ2n) is 6.19. The first-order chi connectivity index (χ1) is 13.3. The molecular weight excluding hydrogens is 412 g/mol. The minimum atomic E-state index is -3.67. The molecule has 1 saturated heterocycles. The number of hydrogen-bond acceptors (Lipinski definition) is 4. The summed E-state index contributed by atoms with van der Waals surface area (Å²) in [5, 5.41) is 2.90. The summed E-state index contributed by atoms with van der Waals surface area (Å²) in [5.74, 6) is -1.94. The molecule has 150 valence electrons.